The van der Waals surface area contributed by atoms with Gasteiger partial charge in [0.05, 0.1) is 5.69 Å². The summed E-state index contributed by atoms with van der Waals surface area (Å²) in [6.07, 6.45) is 2.15. The Labute approximate surface area is 175 Å². The molecule has 1 saturated carbocycles. The van der Waals surface area contributed by atoms with E-state index in [1.54, 1.807) is 0 Å². The van der Waals surface area contributed by atoms with Gasteiger partial charge in [0.15, 0.2) is 5.17 Å². The molecule has 1 N–H and O–H groups in total. The minimum absolute atomic E-state index is 0.000878. The van der Waals surface area contributed by atoms with Crippen molar-refractivity contribution < 1.29 is 9.59 Å². The maximum Gasteiger partial charge on any atom is 0.242 e. The van der Waals surface area contributed by atoms with Crippen molar-refractivity contribution in [2.24, 2.45) is 4.99 Å². The van der Waals surface area contributed by atoms with Gasteiger partial charge >= 0.3 is 0 Å². The van der Waals surface area contributed by atoms with E-state index < -0.39 is 5.25 Å². The Bertz CT molecular complexity index is 997. The lowest BCUT2D eigenvalue weighted by atomic mass is 10.1. The number of anilines is 1. The zero-order chi connectivity index (χ0) is 20.5. The van der Waals surface area contributed by atoms with E-state index in [0.717, 1.165) is 46.1 Å². The first kappa shape index (κ1) is 19.7. The number of thioether (sulfide) groups is 1. The highest BCUT2D eigenvalue weighted by molar-refractivity contribution is 8.15. The molecule has 1 saturated heterocycles. The van der Waals surface area contributed by atoms with Gasteiger partial charge in [-0.3, -0.25) is 14.5 Å². The number of hydrogen-bond donors (Lipinski definition) is 1. The van der Waals surface area contributed by atoms with Crippen LogP contribution in [0.1, 0.15) is 36.0 Å². The molecule has 0 aromatic heterocycles. The van der Waals surface area contributed by atoms with E-state index in [2.05, 4.69) is 5.32 Å². The van der Waals surface area contributed by atoms with Crippen LogP contribution in [0.3, 0.4) is 0 Å². The molecule has 0 spiro atoms. The lowest BCUT2D eigenvalue weighted by molar-refractivity contribution is -0.128. The van der Waals surface area contributed by atoms with Gasteiger partial charge in [-0.1, -0.05) is 42.1 Å². The Morgan fingerprint density at radius 1 is 1.14 bits per heavy atom. The largest absolute Gasteiger partial charge is 0.326 e. The molecular weight excluding hydrogens is 382 g/mol. The number of nitrogens with one attached hydrogen (secondary N) is 1. The highest BCUT2D eigenvalue weighted by Gasteiger charge is 2.46. The molecular formula is C23H25N3O2S. The van der Waals surface area contributed by atoms with Crippen molar-refractivity contribution in [1.82, 2.24) is 4.90 Å². The number of hydrogen-bond acceptors (Lipinski definition) is 4. The predicted octanol–water partition coefficient (Wildman–Crippen LogP) is 4.73. The molecule has 6 heteroatoms. The van der Waals surface area contributed by atoms with Crippen LogP contribution in [0.2, 0.25) is 0 Å². The Balaban J connectivity index is 1.51. The molecule has 0 radical (unpaired) electrons. The van der Waals surface area contributed by atoms with E-state index in [0.29, 0.717) is 0 Å². The quantitative estimate of drug-likeness (QED) is 0.779. The summed E-state index contributed by atoms with van der Waals surface area (Å²) in [5.74, 6) is -0.140. The number of amides is 2. The van der Waals surface area contributed by atoms with Crippen molar-refractivity contribution in [3.8, 4) is 0 Å². The van der Waals surface area contributed by atoms with Crippen molar-refractivity contribution in [1.29, 1.82) is 0 Å². The number of carbonyl (C=O) groups excluding carboxylic acids is 2. The molecule has 1 heterocycles. The summed E-state index contributed by atoms with van der Waals surface area (Å²) in [5.41, 5.74) is 4.84. The summed E-state index contributed by atoms with van der Waals surface area (Å²) in [6.45, 7) is 5.97. The van der Waals surface area contributed by atoms with Crippen LogP contribution in [0.25, 0.3) is 0 Å². The Kier molecular flexibility index (Phi) is 5.46. The molecule has 2 aromatic carbocycles. The van der Waals surface area contributed by atoms with Crippen LogP contribution < -0.4 is 5.32 Å². The highest BCUT2D eigenvalue weighted by Crippen LogP contribution is 2.39. The molecule has 2 fully saturated rings. The summed E-state index contributed by atoms with van der Waals surface area (Å²) in [7, 11) is 0. The number of carbonyl (C=O) groups is 2. The van der Waals surface area contributed by atoms with Crippen LogP contribution >= 0.6 is 11.8 Å². The van der Waals surface area contributed by atoms with Crippen LogP contribution in [0.15, 0.2) is 47.5 Å². The molecule has 0 unspecified atom stereocenters. The number of benzene rings is 2. The van der Waals surface area contributed by atoms with Crippen LogP contribution in [0.4, 0.5) is 11.4 Å². The van der Waals surface area contributed by atoms with Crippen molar-refractivity contribution in [2.45, 2.75) is 51.3 Å². The first-order chi connectivity index (χ1) is 13.9. The molecule has 1 aliphatic carbocycles. The lowest BCUT2D eigenvalue weighted by Gasteiger charge is -2.15. The molecule has 2 amide bonds. The second kappa shape index (κ2) is 8.03. The summed E-state index contributed by atoms with van der Waals surface area (Å²) in [6, 6.07) is 14.1. The average Bonchev–Trinajstić information content (AvgIpc) is 3.46. The fourth-order valence-electron chi connectivity index (χ4n) is 3.39. The third-order valence-electron chi connectivity index (χ3n) is 5.25. The van der Waals surface area contributed by atoms with Crippen molar-refractivity contribution in [3.63, 3.8) is 0 Å². The predicted molar refractivity (Wildman–Crippen MR) is 119 cm³/mol. The van der Waals surface area contributed by atoms with Crippen molar-refractivity contribution >= 4 is 40.1 Å². The highest BCUT2D eigenvalue weighted by atomic mass is 32.2. The summed E-state index contributed by atoms with van der Waals surface area (Å²) in [5, 5.41) is 3.26. The second-order valence-corrected chi connectivity index (χ2v) is 8.97. The molecule has 2 aromatic rings. The minimum atomic E-state index is -0.427. The number of aryl methyl sites for hydroxylation is 3. The first-order valence-corrected chi connectivity index (χ1v) is 10.8. The number of nitrogens with zero attached hydrogens (tertiary/aromatic N) is 2. The Hall–Kier alpha value is -2.60. The monoisotopic (exact) mass is 407 g/mol. The van der Waals surface area contributed by atoms with Gasteiger partial charge in [0, 0.05) is 18.2 Å². The number of para-hydroxylation sites is 1. The summed E-state index contributed by atoms with van der Waals surface area (Å²) >= 11 is 1.41. The van der Waals surface area contributed by atoms with E-state index in [-0.39, 0.29) is 24.3 Å². The lowest BCUT2D eigenvalue weighted by Crippen LogP contribution is -2.35. The first-order valence-electron chi connectivity index (χ1n) is 9.93. The summed E-state index contributed by atoms with van der Waals surface area (Å²) < 4.78 is 0. The van der Waals surface area contributed by atoms with Gasteiger partial charge in [0.1, 0.15) is 5.25 Å². The SMILES string of the molecule is Cc1ccc(C)c(NC(=O)C[C@H]2SC(=Nc3ccccc3C)N(C3CC3)C2=O)c1. The van der Waals surface area contributed by atoms with E-state index in [4.69, 9.17) is 4.99 Å². The molecule has 29 heavy (non-hydrogen) atoms. The zero-order valence-corrected chi connectivity index (χ0v) is 17.8. The van der Waals surface area contributed by atoms with Crippen LogP contribution in [0.5, 0.6) is 0 Å². The molecule has 4 rings (SSSR count). The minimum Gasteiger partial charge on any atom is -0.326 e. The molecule has 5 nitrogen and oxygen atoms in total. The van der Waals surface area contributed by atoms with Gasteiger partial charge in [0.2, 0.25) is 11.8 Å². The van der Waals surface area contributed by atoms with Gasteiger partial charge in [-0.05, 0) is 62.4 Å². The second-order valence-electron chi connectivity index (χ2n) is 7.80. The van der Waals surface area contributed by atoms with Gasteiger partial charge in [-0.2, -0.15) is 0 Å². The molecule has 1 aliphatic heterocycles. The topological polar surface area (TPSA) is 61.8 Å². The third-order valence-corrected chi connectivity index (χ3v) is 6.40. The zero-order valence-electron chi connectivity index (χ0n) is 16.9. The van der Waals surface area contributed by atoms with E-state index in [1.165, 1.54) is 11.8 Å². The molecule has 0 bridgehead atoms. The standard InChI is InChI=1S/C23H25N3O2S/c1-14-8-9-16(3)19(12-14)24-21(27)13-20-22(28)26(17-10-11-17)23(29-20)25-18-7-5-4-6-15(18)2/h4-9,12,17,20H,10-11,13H2,1-3H3,(H,24,27)/t20-/m1/s1. The van der Waals surface area contributed by atoms with E-state index >= 15 is 0 Å². The third kappa shape index (κ3) is 4.37. The van der Waals surface area contributed by atoms with Gasteiger partial charge < -0.3 is 5.32 Å². The summed E-state index contributed by atoms with van der Waals surface area (Å²) in [4.78, 5) is 32.3. The Morgan fingerprint density at radius 3 is 2.62 bits per heavy atom. The molecule has 1 atom stereocenters. The number of rotatable bonds is 5. The maximum atomic E-state index is 13.0. The van der Waals surface area contributed by atoms with Crippen LogP contribution in [-0.2, 0) is 9.59 Å². The number of amidine groups is 1. The fraction of sp³-hybridized carbons (Fsp3) is 0.348. The van der Waals surface area contributed by atoms with Gasteiger partial charge in [-0.25, -0.2) is 4.99 Å². The van der Waals surface area contributed by atoms with Crippen molar-refractivity contribution in [2.75, 3.05) is 5.32 Å². The fourth-order valence-corrected chi connectivity index (χ4v) is 4.60. The Morgan fingerprint density at radius 2 is 1.90 bits per heavy atom. The maximum absolute atomic E-state index is 13.0. The average molecular weight is 408 g/mol. The number of aliphatic imine (C=N–C) groups is 1. The van der Waals surface area contributed by atoms with Crippen LogP contribution in [0, 0.1) is 20.8 Å². The molecule has 2 aliphatic rings. The van der Waals surface area contributed by atoms with E-state index in [1.807, 2.05) is 68.1 Å². The van der Waals surface area contributed by atoms with E-state index in [9.17, 15) is 9.59 Å². The normalized spacial score (nSPS) is 20.4. The van der Waals surface area contributed by atoms with Crippen LogP contribution in [-0.4, -0.2) is 33.2 Å². The molecule has 150 valence electrons. The van der Waals surface area contributed by atoms with Gasteiger partial charge in [0.25, 0.3) is 0 Å². The van der Waals surface area contributed by atoms with Gasteiger partial charge in [-0.15, -0.1) is 0 Å². The van der Waals surface area contributed by atoms with Crippen molar-refractivity contribution in [3.05, 3.63) is 59.2 Å². The smallest absolute Gasteiger partial charge is 0.242 e.